The lowest BCUT2D eigenvalue weighted by Gasteiger charge is -2.31. The Hall–Kier alpha value is -0.910. The summed E-state index contributed by atoms with van der Waals surface area (Å²) in [5, 5.41) is 0. The molecular weight excluding hydrogens is 320 g/mol. The molecule has 0 aromatic heterocycles. The molecule has 0 spiro atoms. The van der Waals surface area contributed by atoms with Crippen LogP contribution in [0.25, 0.3) is 0 Å². The number of halogens is 1. The van der Waals surface area contributed by atoms with E-state index in [0.717, 1.165) is 22.9 Å². The zero-order chi connectivity index (χ0) is 14.2. The molecule has 2 fully saturated rings. The van der Waals surface area contributed by atoms with Crippen LogP contribution in [0.3, 0.4) is 0 Å². The summed E-state index contributed by atoms with van der Waals surface area (Å²) in [7, 11) is 0. The standard InChI is InChI=1S/C15H19BrN2O2/c16-13-4-2-1-3-11(13)9-18(12-5-6-12)14(19)15(17)7-8-20-10-15/h1-4,12H,5-10,17H2. The number of benzene rings is 1. The molecule has 1 saturated heterocycles. The third-order valence-corrected chi connectivity index (χ3v) is 4.80. The maximum absolute atomic E-state index is 12.8. The van der Waals surface area contributed by atoms with Gasteiger partial charge in [-0.2, -0.15) is 0 Å². The van der Waals surface area contributed by atoms with Crippen LogP contribution in [-0.4, -0.2) is 35.6 Å². The summed E-state index contributed by atoms with van der Waals surface area (Å²) in [6.45, 7) is 1.53. The van der Waals surface area contributed by atoms with Crippen molar-refractivity contribution < 1.29 is 9.53 Å². The number of carbonyl (C=O) groups excluding carboxylic acids is 1. The fourth-order valence-electron chi connectivity index (χ4n) is 2.60. The summed E-state index contributed by atoms with van der Waals surface area (Å²) in [6, 6.07) is 8.36. The second-order valence-corrected chi connectivity index (χ2v) is 6.57. The second kappa shape index (κ2) is 5.47. The molecule has 5 heteroatoms. The van der Waals surface area contributed by atoms with E-state index in [1.807, 2.05) is 29.2 Å². The fourth-order valence-corrected chi connectivity index (χ4v) is 3.01. The van der Waals surface area contributed by atoms with Gasteiger partial charge >= 0.3 is 0 Å². The van der Waals surface area contributed by atoms with E-state index in [2.05, 4.69) is 15.9 Å². The first-order chi connectivity index (χ1) is 9.60. The number of carbonyl (C=O) groups is 1. The zero-order valence-corrected chi connectivity index (χ0v) is 12.9. The first kappa shape index (κ1) is 14.0. The quantitative estimate of drug-likeness (QED) is 0.914. The Morgan fingerprint density at radius 2 is 2.20 bits per heavy atom. The van der Waals surface area contributed by atoms with Crippen LogP contribution in [0.15, 0.2) is 28.7 Å². The van der Waals surface area contributed by atoms with Crippen LogP contribution < -0.4 is 5.73 Å². The molecule has 1 amide bonds. The smallest absolute Gasteiger partial charge is 0.245 e. The van der Waals surface area contributed by atoms with Crippen LogP contribution in [-0.2, 0) is 16.1 Å². The van der Waals surface area contributed by atoms with Gasteiger partial charge in [0.05, 0.1) is 6.61 Å². The van der Waals surface area contributed by atoms with Gasteiger partial charge in [-0.25, -0.2) is 0 Å². The van der Waals surface area contributed by atoms with Gasteiger partial charge in [-0.1, -0.05) is 34.1 Å². The number of nitrogens with zero attached hydrogens (tertiary/aromatic N) is 1. The van der Waals surface area contributed by atoms with E-state index >= 15 is 0 Å². The lowest BCUT2D eigenvalue weighted by atomic mass is 9.98. The molecule has 0 radical (unpaired) electrons. The first-order valence-electron chi connectivity index (χ1n) is 7.01. The van der Waals surface area contributed by atoms with Crippen LogP contribution in [0, 0.1) is 0 Å². The van der Waals surface area contributed by atoms with Crippen molar-refractivity contribution in [3.05, 3.63) is 34.3 Å². The van der Waals surface area contributed by atoms with Gasteiger partial charge in [-0.3, -0.25) is 4.79 Å². The molecule has 1 heterocycles. The van der Waals surface area contributed by atoms with Crippen LogP contribution in [0.4, 0.5) is 0 Å². The van der Waals surface area contributed by atoms with Gasteiger partial charge in [-0.05, 0) is 30.9 Å². The summed E-state index contributed by atoms with van der Waals surface area (Å²) in [6.07, 6.45) is 2.77. The van der Waals surface area contributed by atoms with E-state index in [1.165, 1.54) is 0 Å². The van der Waals surface area contributed by atoms with Gasteiger partial charge in [0.2, 0.25) is 5.91 Å². The van der Waals surface area contributed by atoms with E-state index in [0.29, 0.717) is 32.2 Å². The van der Waals surface area contributed by atoms with Crippen LogP contribution in [0.2, 0.25) is 0 Å². The monoisotopic (exact) mass is 338 g/mol. The molecule has 108 valence electrons. The van der Waals surface area contributed by atoms with Crippen molar-refractivity contribution in [2.24, 2.45) is 5.73 Å². The molecule has 1 aliphatic heterocycles. The minimum absolute atomic E-state index is 0.0354. The third-order valence-electron chi connectivity index (χ3n) is 4.03. The fraction of sp³-hybridized carbons (Fsp3) is 0.533. The first-order valence-corrected chi connectivity index (χ1v) is 7.80. The molecule has 1 unspecified atom stereocenters. The molecule has 3 rings (SSSR count). The minimum atomic E-state index is -0.830. The van der Waals surface area contributed by atoms with Gasteiger partial charge in [0.25, 0.3) is 0 Å². The highest BCUT2D eigenvalue weighted by molar-refractivity contribution is 9.10. The summed E-state index contributed by atoms with van der Waals surface area (Å²) in [5.41, 5.74) is 6.52. The number of hydrogen-bond donors (Lipinski definition) is 1. The van der Waals surface area contributed by atoms with Crippen molar-refractivity contribution in [3.8, 4) is 0 Å². The van der Waals surface area contributed by atoms with Crippen molar-refractivity contribution >= 4 is 21.8 Å². The topological polar surface area (TPSA) is 55.6 Å². The maximum Gasteiger partial charge on any atom is 0.245 e. The Bertz CT molecular complexity index is 510. The summed E-state index contributed by atoms with van der Waals surface area (Å²) >= 11 is 3.55. The third kappa shape index (κ3) is 2.75. The Kier molecular flexibility index (Phi) is 3.84. The normalized spacial score (nSPS) is 25.7. The highest BCUT2D eigenvalue weighted by Gasteiger charge is 2.45. The largest absolute Gasteiger partial charge is 0.379 e. The molecule has 1 aliphatic carbocycles. The maximum atomic E-state index is 12.8. The van der Waals surface area contributed by atoms with Gasteiger partial charge < -0.3 is 15.4 Å². The second-order valence-electron chi connectivity index (χ2n) is 5.71. The number of amides is 1. The molecule has 1 aromatic rings. The number of nitrogens with two attached hydrogens (primary N) is 1. The van der Waals surface area contributed by atoms with Gasteiger partial charge in [-0.15, -0.1) is 0 Å². The molecule has 1 saturated carbocycles. The zero-order valence-electron chi connectivity index (χ0n) is 11.3. The van der Waals surface area contributed by atoms with Crippen LogP contribution in [0.1, 0.15) is 24.8 Å². The predicted molar refractivity (Wildman–Crippen MR) is 80.1 cm³/mol. The average Bonchev–Trinajstić information content (AvgIpc) is 3.19. The van der Waals surface area contributed by atoms with Crippen molar-refractivity contribution in [3.63, 3.8) is 0 Å². The number of rotatable bonds is 4. The molecule has 4 nitrogen and oxygen atoms in total. The Morgan fingerprint density at radius 1 is 1.45 bits per heavy atom. The highest BCUT2D eigenvalue weighted by Crippen LogP contribution is 2.32. The molecule has 20 heavy (non-hydrogen) atoms. The highest BCUT2D eigenvalue weighted by atomic mass is 79.9. The van der Waals surface area contributed by atoms with Gasteiger partial charge in [0.15, 0.2) is 0 Å². The summed E-state index contributed by atoms with van der Waals surface area (Å²) in [4.78, 5) is 14.7. The predicted octanol–water partition coefficient (Wildman–Crippen LogP) is 2.06. The van der Waals surface area contributed by atoms with E-state index < -0.39 is 5.54 Å². The van der Waals surface area contributed by atoms with Gasteiger partial charge in [0, 0.05) is 23.7 Å². The van der Waals surface area contributed by atoms with Crippen molar-refractivity contribution in [2.75, 3.05) is 13.2 Å². The van der Waals surface area contributed by atoms with Crippen LogP contribution >= 0.6 is 15.9 Å². The molecule has 1 aromatic carbocycles. The molecule has 2 aliphatic rings. The lowest BCUT2D eigenvalue weighted by Crippen LogP contribution is -2.56. The SMILES string of the molecule is NC1(C(=O)N(Cc2ccccc2Br)C2CC2)CCOC1. The van der Waals surface area contributed by atoms with E-state index in [-0.39, 0.29) is 5.91 Å². The van der Waals surface area contributed by atoms with E-state index in [9.17, 15) is 4.79 Å². The lowest BCUT2D eigenvalue weighted by molar-refractivity contribution is -0.138. The summed E-state index contributed by atoms with van der Waals surface area (Å²) in [5.74, 6) is 0.0354. The Labute approximate surface area is 127 Å². The van der Waals surface area contributed by atoms with Gasteiger partial charge in [0.1, 0.15) is 5.54 Å². The number of ether oxygens (including phenoxy) is 1. The molecule has 1 atom stereocenters. The van der Waals surface area contributed by atoms with Crippen molar-refractivity contribution in [1.29, 1.82) is 0 Å². The molecule has 2 N–H and O–H groups in total. The van der Waals surface area contributed by atoms with E-state index in [1.54, 1.807) is 0 Å². The van der Waals surface area contributed by atoms with Crippen molar-refractivity contribution in [1.82, 2.24) is 4.90 Å². The Balaban J connectivity index is 1.79. The van der Waals surface area contributed by atoms with Crippen LogP contribution in [0.5, 0.6) is 0 Å². The average molecular weight is 339 g/mol. The minimum Gasteiger partial charge on any atom is -0.379 e. The van der Waals surface area contributed by atoms with Crippen molar-refractivity contribution in [2.45, 2.75) is 37.4 Å². The summed E-state index contributed by atoms with van der Waals surface area (Å²) < 4.78 is 6.36. The Morgan fingerprint density at radius 3 is 2.80 bits per heavy atom. The number of hydrogen-bond acceptors (Lipinski definition) is 3. The molecule has 0 bridgehead atoms. The molecular formula is C15H19BrN2O2. The van der Waals surface area contributed by atoms with E-state index in [4.69, 9.17) is 10.5 Å².